The Labute approximate surface area is 268 Å². The molecule has 1 aromatic carbocycles. The maximum atomic E-state index is 12.9. The molecule has 4 fully saturated rings. The van der Waals surface area contributed by atoms with E-state index < -0.39 is 0 Å². The SMILES string of the molecule is BCC(=O)N[C@]12CC[C@@H](C(C)C)C1[C@H]1CCC3[C@@]4(C)CC=C(c5ccc(C(=O)OC)cc5)C(C)(C)C4CC[C@@]3(C)[C@]1(C)CC2. The van der Waals surface area contributed by atoms with Gasteiger partial charge in [0.05, 0.1) is 12.7 Å². The van der Waals surface area contributed by atoms with Crippen molar-refractivity contribution in [1.29, 1.82) is 0 Å². The molecule has 5 aliphatic rings. The molecule has 0 radical (unpaired) electrons. The van der Waals surface area contributed by atoms with Gasteiger partial charge in [-0.15, -0.1) is 0 Å². The number of ether oxygens (including phenoxy) is 1. The average molecular weight is 600 g/mol. The number of carbonyl (C=O) groups excluding carboxylic acids is 2. The highest BCUT2D eigenvalue weighted by Crippen LogP contribution is 2.76. The summed E-state index contributed by atoms with van der Waals surface area (Å²) in [6, 6.07) is 8.09. The first-order valence-corrected chi connectivity index (χ1v) is 17.9. The van der Waals surface area contributed by atoms with Crippen LogP contribution in [0.2, 0.25) is 6.32 Å². The van der Waals surface area contributed by atoms with E-state index in [9.17, 15) is 9.59 Å². The van der Waals surface area contributed by atoms with Crippen molar-refractivity contribution in [3.8, 4) is 0 Å². The molecule has 4 nitrogen and oxygen atoms in total. The number of fused-ring (bicyclic) bond motifs is 7. The lowest BCUT2D eigenvalue weighted by atomic mass is 9.33. The number of amides is 1. The summed E-state index contributed by atoms with van der Waals surface area (Å²) in [5.41, 5.74) is 4.22. The Kier molecular flexibility index (Phi) is 7.81. The van der Waals surface area contributed by atoms with E-state index in [-0.39, 0.29) is 28.2 Å². The van der Waals surface area contributed by atoms with E-state index in [0.29, 0.717) is 58.2 Å². The maximum absolute atomic E-state index is 12.9. The van der Waals surface area contributed by atoms with Gasteiger partial charge in [0.1, 0.15) is 7.85 Å². The summed E-state index contributed by atoms with van der Waals surface area (Å²) in [6.07, 6.45) is 14.3. The van der Waals surface area contributed by atoms with Crippen LogP contribution in [0.4, 0.5) is 0 Å². The fourth-order valence-electron chi connectivity index (χ4n) is 13.0. The van der Waals surface area contributed by atoms with Crippen molar-refractivity contribution in [3.63, 3.8) is 0 Å². The van der Waals surface area contributed by atoms with Crippen molar-refractivity contribution in [3.05, 3.63) is 41.5 Å². The summed E-state index contributed by atoms with van der Waals surface area (Å²) in [6.45, 7) is 17.9. The molecule has 0 heterocycles. The molecule has 0 aliphatic heterocycles. The van der Waals surface area contributed by atoms with Crippen LogP contribution in [-0.4, -0.2) is 32.4 Å². The normalized spacial score (nSPS) is 42.3. The van der Waals surface area contributed by atoms with Crippen molar-refractivity contribution in [2.75, 3.05) is 7.11 Å². The van der Waals surface area contributed by atoms with Gasteiger partial charge in [-0.05, 0) is 145 Å². The number of esters is 1. The topological polar surface area (TPSA) is 55.4 Å². The first-order chi connectivity index (χ1) is 20.7. The van der Waals surface area contributed by atoms with Gasteiger partial charge in [0.15, 0.2) is 0 Å². The lowest BCUT2D eigenvalue weighted by Crippen LogP contribution is -2.68. The minimum atomic E-state index is -0.276. The molecule has 44 heavy (non-hydrogen) atoms. The first-order valence-electron chi connectivity index (χ1n) is 17.9. The number of allylic oxidation sites excluding steroid dienone is 2. The number of rotatable bonds is 5. The summed E-state index contributed by atoms with van der Waals surface area (Å²) in [4.78, 5) is 25.0. The average Bonchev–Trinajstić information content (AvgIpc) is 3.36. The highest BCUT2D eigenvalue weighted by molar-refractivity contribution is 6.19. The molecule has 240 valence electrons. The molecule has 1 amide bonds. The molecule has 0 bridgehead atoms. The predicted molar refractivity (Wildman–Crippen MR) is 182 cm³/mol. The highest BCUT2D eigenvalue weighted by atomic mass is 16.5. The minimum Gasteiger partial charge on any atom is -0.465 e. The molecule has 0 aromatic heterocycles. The third-order valence-electron chi connectivity index (χ3n) is 15.2. The Morgan fingerprint density at radius 2 is 1.61 bits per heavy atom. The van der Waals surface area contributed by atoms with Gasteiger partial charge >= 0.3 is 5.97 Å². The number of benzene rings is 1. The van der Waals surface area contributed by atoms with Gasteiger partial charge in [-0.3, -0.25) is 4.79 Å². The fraction of sp³-hybridized carbons (Fsp3) is 0.744. The van der Waals surface area contributed by atoms with Crippen molar-refractivity contribution in [1.82, 2.24) is 5.32 Å². The van der Waals surface area contributed by atoms with Gasteiger partial charge in [-0.2, -0.15) is 0 Å². The van der Waals surface area contributed by atoms with Gasteiger partial charge in [0.25, 0.3) is 0 Å². The number of hydrogen-bond acceptors (Lipinski definition) is 3. The second kappa shape index (κ2) is 10.8. The van der Waals surface area contributed by atoms with Crippen LogP contribution in [-0.2, 0) is 9.53 Å². The number of hydrogen-bond donors (Lipinski definition) is 1. The van der Waals surface area contributed by atoms with Gasteiger partial charge < -0.3 is 10.1 Å². The van der Waals surface area contributed by atoms with Gasteiger partial charge in [-0.25, -0.2) is 4.79 Å². The van der Waals surface area contributed by atoms with E-state index in [0.717, 1.165) is 12.8 Å². The Morgan fingerprint density at radius 1 is 0.909 bits per heavy atom. The zero-order valence-corrected chi connectivity index (χ0v) is 29.1. The van der Waals surface area contributed by atoms with Crippen molar-refractivity contribution < 1.29 is 14.3 Å². The standard InChI is InChI=1S/C39H58BNO3/c1-24(2)27-15-20-39(41-32(42)23-40)22-21-37(6)29(33(27)39)13-14-31-36(5)18-16-28(25-9-11-26(12-10-25)34(43)44-8)35(3,4)30(36)17-19-38(31,37)7/h9-12,16,24,27,29-31,33H,13-15,17-23,40H2,1-8H3,(H,41,42)/t27-,29+,30?,31?,33?,36-,37+,38+,39-/m0/s1. The molecule has 4 saturated carbocycles. The minimum absolute atomic E-state index is 0.00436. The molecule has 0 saturated heterocycles. The molecule has 5 heteroatoms. The summed E-state index contributed by atoms with van der Waals surface area (Å²) in [7, 11) is 3.45. The lowest BCUT2D eigenvalue weighted by molar-refractivity contribution is -0.221. The van der Waals surface area contributed by atoms with Crippen LogP contribution in [0.5, 0.6) is 0 Å². The van der Waals surface area contributed by atoms with Crippen LogP contribution in [0.1, 0.15) is 122 Å². The largest absolute Gasteiger partial charge is 0.465 e. The van der Waals surface area contributed by atoms with Crippen molar-refractivity contribution >= 4 is 25.3 Å². The van der Waals surface area contributed by atoms with E-state index >= 15 is 0 Å². The number of methoxy groups -OCH3 is 1. The van der Waals surface area contributed by atoms with Gasteiger partial charge in [0, 0.05) is 5.54 Å². The van der Waals surface area contributed by atoms with E-state index in [4.69, 9.17) is 4.74 Å². The molecule has 3 unspecified atom stereocenters. The Balaban J connectivity index is 1.34. The van der Waals surface area contributed by atoms with E-state index in [1.165, 1.54) is 63.2 Å². The Hall–Kier alpha value is -2.04. The predicted octanol–water partition coefficient (Wildman–Crippen LogP) is 8.12. The third kappa shape index (κ3) is 4.36. The molecule has 1 N–H and O–H groups in total. The summed E-state index contributed by atoms with van der Waals surface area (Å²) in [5, 5.41) is 3.69. The molecular formula is C39H58BNO3. The molecular weight excluding hydrogens is 541 g/mol. The second-order valence-corrected chi connectivity index (χ2v) is 17.3. The Bertz CT molecular complexity index is 1330. The summed E-state index contributed by atoms with van der Waals surface area (Å²) in [5.74, 6) is 3.94. The fourth-order valence-corrected chi connectivity index (χ4v) is 13.0. The lowest BCUT2D eigenvalue weighted by Gasteiger charge is -2.72. The highest BCUT2D eigenvalue weighted by Gasteiger charge is 2.70. The second-order valence-electron chi connectivity index (χ2n) is 17.3. The van der Waals surface area contributed by atoms with Crippen LogP contribution in [0, 0.1) is 57.2 Å². The molecule has 5 aliphatic carbocycles. The van der Waals surface area contributed by atoms with Crippen LogP contribution >= 0.6 is 0 Å². The molecule has 1 aromatic rings. The van der Waals surface area contributed by atoms with Crippen LogP contribution in [0.25, 0.3) is 5.57 Å². The monoisotopic (exact) mass is 599 g/mol. The van der Waals surface area contributed by atoms with E-state index in [1.54, 1.807) is 0 Å². The van der Waals surface area contributed by atoms with Crippen LogP contribution < -0.4 is 5.32 Å². The smallest absolute Gasteiger partial charge is 0.337 e. The quantitative estimate of drug-likeness (QED) is 0.275. The van der Waals surface area contributed by atoms with Crippen molar-refractivity contribution in [2.24, 2.45) is 57.2 Å². The van der Waals surface area contributed by atoms with E-state index in [1.807, 2.05) is 20.0 Å². The van der Waals surface area contributed by atoms with Crippen LogP contribution in [0.15, 0.2) is 30.3 Å². The Morgan fingerprint density at radius 3 is 2.25 bits per heavy atom. The summed E-state index contributed by atoms with van der Waals surface area (Å²) >= 11 is 0. The van der Waals surface area contributed by atoms with Gasteiger partial charge in [0.2, 0.25) is 5.91 Å². The van der Waals surface area contributed by atoms with Gasteiger partial charge in [-0.1, -0.05) is 66.7 Å². The zero-order chi connectivity index (χ0) is 31.9. The van der Waals surface area contributed by atoms with E-state index in [2.05, 4.69) is 72.0 Å². The number of nitrogens with one attached hydrogen (secondary N) is 1. The maximum Gasteiger partial charge on any atom is 0.337 e. The summed E-state index contributed by atoms with van der Waals surface area (Å²) < 4.78 is 4.95. The molecule has 6 rings (SSSR count). The van der Waals surface area contributed by atoms with Crippen LogP contribution in [0.3, 0.4) is 0 Å². The molecule has 0 spiro atoms. The first kappa shape index (κ1) is 31.9. The van der Waals surface area contributed by atoms with Crippen molar-refractivity contribution in [2.45, 2.75) is 118 Å². The zero-order valence-electron chi connectivity index (χ0n) is 29.1. The third-order valence-corrected chi connectivity index (χ3v) is 15.2. The number of carbonyl (C=O) groups is 2. The molecule has 9 atom stereocenters.